The molecule has 0 bridgehead atoms. The van der Waals surface area contributed by atoms with Crippen molar-refractivity contribution in [2.75, 3.05) is 24.5 Å². The molecule has 172 valence electrons. The van der Waals surface area contributed by atoms with Gasteiger partial charge >= 0.3 is 0 Å². The van der Waals surface area contributed by atoms with Crippen LogP contribution in [-0.4, -0.2) is 55.2 Å². The lowest BCUT2D eigenvalue weighted by Crippen LogP contribution is -2.38. The Morgan fingerprint density at radius 2 is 2.15 bits per heavy atom. The minimum absolute atomic E-state index is 0.000969. The van der Waals surface area contributed by atoms with E-state index in [1.165, 1.54) is 0 Å². The van der Waals surface area contributed by atoms with Crippen LogP contribution in [0.5, 0.6) is 0 Å². The predicted molar refractivity (Wildman–Crippen MR) is 127 cm³/mol. The van der Waals surface area contributed by atoms with Crippen LogP contribution in [0.25, 0.3) is 16.6 Å². The average Bonchev–Trinajstić information content (AvgIpc) is 3.61. The predicted octanol–water partition coefficient (Wildman–Crippen LogP) is 3.63. The summed E-state index contributed by atoms with van der Waals surface area (Å²) < 4.78 is 1.82. The maximum absolute atomic E-state index is 13.6. The quantitative estimate of drug-likeness (QED) is 0.507. The fourth-order valence-electron chi connectivity index (χ4n) is 5.34. The van der Waals surface area contributed by atoms with Crippen LogP contribution in [0.15, 0.2) is 36.7 Å². The number of amides is 1. The third-order valence-electron chi connectivity index (χ3n) is 7.11. The molecule has 6 rings (SSSR count). The molecule has 2 aliphatic rings. The number of nitrogens with one attached hydrogen (secondary N) is 1. The van der Waals surface area contributed by atoms with Gasteiger partial charge in [0.05, 0.1) is 41.0 Å². The van der Waals surface area contributed by atoms with Crippen molar-refractivity contribution < 1.29 is 4.79 Å². The summed E-state index contributed by atoms with van der Waals surface area (Å²) in [4.78, 5) is 22.7. The summed E-state index contributed by atoms with van der Waals surface area (Å²) >= 11 is 0. The van der Waals surface area contributed by atoms with Crippen LogP contribution in [-0.2, 0) is 0 Å². The number of carbonyl (C=O) groups is 1. The number of aryl methyl sites for hydroxylation is 1. The minimum Gasteiger partial charge on any atom is -0.355 e. The van der Waals surface area contributed by atoms with Crippen LogP contribution in [0.2, 0.25) is 0 Å². The Kier molecular flexibility index (Phi) is 4.94. The van der Waals surface area contributed by atoms with Gasteiger partial charge in [0.25, 0.3) is 5.91 Å². The smallest absolute Gasteiger partial charge is 0.256 e. The third-order valence-corrected chi connectivity index (χ3v) is 7.11. The van der Waals surface area contributed by atoms with E-state index in [-0.39, 0.29) is 17.9 Å². The van der Waals surface area contributed by atoms with Crippen molar-refractivity contribution in [2.45, 2.75) is 38.6 Å². The molecule has 3 aromatic heterocycles. The third kappa shape index (κ3) is 3.37. The van der Waals surface area contributed by atoms with E-state index in [2.05, 4.69) is 21.2 Å². The molecule has 4 aromatic rings. The summed E-state index contributed by atoms with van der Waals surface area (Å²) in [7, 11) is 0. The Morgan fingerprint density at radius 3 is 3.00 bits per heavy atom. The van der Waals surface area contributed by atoms with Gasteiger partial charge in [0.2, 0.25) is 0 Å². The van der Waals surface area contributed by atoms with E-state index in [0.717, 1.165) is 65.9 Å². The van der Waals surface area contributed by atoms with Gasteiger partial charge in [-0.05, 0) is 38.7 Å². The Morgan fingerprint density at radius 1 is 1.24 bits per heavy atom. The van der Waals surface area contributed by atoms with Gasteiger partial charge in [-0.2, -0.15) is 15.5 Å². The van der Waals surface area contributed by atoms with E-state index in [9.17, 15) is 10.1 Å². The molecule has 2 fully saturated rings. The first-order valence-electron chi connectivity index (χ1n) is 11.9. The van der Waals surface area contributed by atoms with Crippen LogP contribution < -0.4 is 4.90 Å². The van der Waals surface area contributed by atoms with Crippen molar-refractivity contribution in [2.24, 2.45) is 5.92 Å². The highest BCUT2D eigenvalue weighted by Gasteiger charge is 2.32. The molecule has 34 heavy (non-hydrogen) atoms. The molecular weight excluding hydrogens is 428 g/mol. The van der Waals surface area contributed by atoms with Crippen LogP contribution in [0, 0.1) is 24.2 Å². The number of rotatable bonds is 3. The number of aromatic amines is 1. The molecule has 2 saturated heterocycles. The number of H-pyrrole nitrogens is 1. The van der Waals surface area contributed by atoms with Crippen molar-refractivity contribution in [1.82, 2.24) is 29.7 Å². The summed E-state index contributed by atoms with van der Waals surface area (Å²) in [6.07, 6.45) is 7.52. The van der Waals surface area contributed by atoms with Crippen LogP contribution in [0.1, 0.15) is 53.3 Å². The standard InChI is InChI=1S/C25H26N8O/c1-16-14-33-22(28-24(16)31-10-8-17(12-26)15-31)11-20(30-33)21-7-2-3-9-32(21)25(34)19-6-4-5-18-13-27-29-23(18)19/h4-6,11,13-14,17,21H,2-3,7-10,15H2,1H3,(H,27,29). The number of aromatic nitrogens is 5. The van der Waals surface area contributed by atoms with Crippen molar-refractivity contribution >= 4 is 28.3 Å². The zero-order chi connectivity index (χ0) is 23.2. The minimum atomic E-state index is -0.0976. The van der Waals surface area contributed by atoms with E-state index in [0.29, 0.717) is 18.7 Å². The number of anilines is 1. The first-order chi connectivity index (χ1) is 16.6. The molecule has 9 nitrogen and oxygen atoms in total. The Labute approximate surface area is 197 Å². The summed E-state index contributed by atoms with van der Waals surface area (Å²) in [6.45, 7) is 4.28. The number of likely N-dealkylation sites (tertiary alicyclic amines) is 1. The Bertz CT molecular complexity index is 1430. The van der Waals surface area contributed by atoms with Gasteiger partial charge in [-0.25, -0.2) is 9.50 Å². The van der Waals surface area contributed by atoms with E-state index < -0.39 is 0 Å². The lowest BCUT2D eigenvalue weighted by Gasteiger charge is -2.34. The SMILES string of the molecule is Cc1cn2nc(C3CCCCN3C(=O)c3cccc4cn[nH]c34)cc2nc1N1CCC(C#N)C1. The van der Waals surface area contributed by atoms with Crippen LogP contribution >= 0.6 is 0 Å². The van der Waals surface area contributed by atoms with E-state index in [4.69, 9.17) is 10.1 Å². The number of piperidine rings is 1. The number of carbonyl (C=O) groups excluding carboxylic acids is 1. The first kappa shape index (κ1) is 20.7. The van der Waals surface area contributed by atoms with Gasteiger partial charge < -0.3 is 9.80 Å². The zero-order valence-corrected chi connectivity index (χ0v) is 19.1. The van der Waals surface area contributed by atoms with E-state index in [1.54, 1.807) is 6.20 Å². The van der Waals surface area contributed by atoms with Gasteiger partial charge in [-0.1, -0.05) is 12.1 Å². The molecule has 1 N–H and O–H groups in total. The zero-order valence-electron chi connectivity index (χ0n) is 19.1. The lowest BCUT2D eigenvalue weighted by atomic mass is 9.98. The molecule has 1 amide bonds. The van der Waals surface area contributed by atoms with Crippen molar-refractivity contribution in [3.63, 3.8) is 0 Å². The van der Waals surface area contributed by atoms with Gasteiger partial charge in [0.1, 0.15) is 5.82 Å². The Hall–Kier alpha value is -3.93. The molecule has 0 radical (unpaired) electrons. The number of nitrogens with zero attached hydrogens (tertiary/aromatic N) is 7. The van der Waals surface area contributed by atoms with Gasteiger partial charge in [0.15, 0.2) is 5.65 Å². The van der Waals surface area contributed by atoms with Crippen molar-refractivity contribution in [1.29, 1.82) is 5.26 Å². The molecule has 2 unspecified atom stereocenters. The van der Waals surface area contributed by atoms with Gasteiger partial charge in [-0.15, -0.1) is 0 Å². The highest BCUT2D eigenvalue weighted by molar-refractivity contribution is 6.05. The van der Waals surface area contributed by atoms with Gasteiger partial charge in [0, 0.05) is 42.8 Å². The first-order valence-corrected chi connectivity index (χ1v) is 11.9. The largest absolute Gasteiger partial charge is 0.355 e. The molecule has 0 spiro atoms. The summed E-state index contributed by atoms with van der Waals surface area (Å²) in [5.41, 5.74) is 4.08. The van der Waals surface area contributed by atoms with Crippen molar-refractivity contribution in [3.05, 3.63) is 53.5 Å². The normalized spacial score (nSPS) is 20.8. The van der Waals surface area contributed by atoms with Crippen molar-refractivity contribution in [3.8, 4) is 6.07 Å². The maximum atomic E-state index is 13.6. The number of nitriles is 1. The second-order valence-corrected chi connectivity index (χ2v) is 9.33. The number of benzene rings is 1. The fraction of sp³-hybridized carbons (Fsp3) is 0.400. The maximum Gasteiger partial charge on any atom is 0.256 e. The molecule has 2 aliphatic heterocycles. The molecular formula is C25H26N8O. The van der Waals surface area contributed by atoms with E-state index in [1.807, 2.05) is 46.8 Å². The van der Waals surface area contributed by atoms with Crippen LogP contribution in [0.4, 0.5) is 5.82 Å². The molecule has 0 aliphatic carbocycles. The number of hydrogen-bond acceptors (Lipinski definition) is 6. The highest BCUT2D eigenvalue weighted by atomic mass is 16.2. The second kappa shape index (κ2) is 8.13. The average molecular weight is 455 g/mol. The second-order valence-electron chi connectivity index (χ2n) is 9.33. The monoisotopic (exact) mass is 454 g/mol. The molecule has 1 aromatic carbocycles. The summed E-state index contributed by atoms with van der Waals surface area (Å²) in [6, 6.07) is 10.0. The molecule has 5 heterocycles. The topological polar surface area (TPSA) is 106 Å². The Balaban J connectivity index is 1.34. The molecule has 0 saturated carbocycles. The van der Waals surface area contributed by atoms with Gasteiger partial charge in [-0.3, -0.25) is 9.89 Å². The number of fused-ring (bicyclic) bond motifs is 2. The number of para-hydroxylation sites is 1. The number of hydrogen-bond donors (Lipinski definition) is 1. The molecule has 2 atom stereocenters. The summed E-state index contributed by atoms with van der Waals surface area (Å²) in [5.74, 6) is 0.972. The van der Waals surface area contributed by atoms with E-state index >= 15 is 0 Å². The fourth-order valence-corrected chi connectivity index (χ4v) is 5.34. The highest BCUT2D eigenvalue weighted by Crippen LogP contribution is 2.33. The molecule has 9 heteroatoms. The van der Waals surface area contributed by atoms with Crippen LogP contribution in [0.3, 0.4) is 0 Å². The lowest BCUT2D eigenvalue weighted by molar-refractivity contribution is 0.0607. The summed E-state index contributed by atoms with van der Waals surface area (Å²) in [5, 5.41) is 22.1.